The molecule has 1 aromatic rings. The van der Waals surface area contributed by atoms with Crippen LogP contribution in [0.15, 0.2) is 30.3 Å². The zero-order valence-corrected chi connectivity index (χ0v) is 7.49. The Hall–Kier alpha value is -0.328. The zero-order chi connectivity index (χ0) is 8.97. The summed E-state index contributed by atoms with van der Waals surface area (Å²) in [5.74, 6) is 0. The molecule has 0 aliphatic heterocycles. The predicted octanol–water partition coefficient (Wildman–Crippen LogP) is 0.144. The van der Waals surface area contributed by atoms with Crippen LogP contribution < -0.4 is 5.32 Å². The van der Waals surface area contributed by atoms with Crippen molar-refractivity contribution in [2.24, 2.45) is 0 Å². The lowest BCUT2D eigenvalue weighted by Gasteiger charge is -2.17. The van der Waals surface area contributed by atoms with Crippen molar-refractivity contribution in [1.82, 2.24) is 5.32 Å². The average molecular weight is 195 g/mol. The minimum Gasteiger partial charge on any atom is -0.387 e. The Morgan fingerprint density at radius 3 is 2.23 bits per heavy atom. The lowest BCUT2D eigenvalue weighted by atomic mass is 10.0. The first kappa shape index (κ1) is 12.7. The number of aliphatic hydroxyl groups is 1. The van der Waals surface area contributed by atoms with Gasteiger partial charge in [0.25, 0.3) is 0 Å². The summed E-state index contributed by atoms with van der Waals surface area (Å²) in [7, 11) is 1.84. The second-order valence-electron chi connectivity index (χ2n) is 2.93. The molecule has 0 aliphatic carbocycles. The van der Waals surface area contributed by atoms with E-state index < -0.39 is 6.10 Å². The fourth-order valence-electron chi connectivity index (χ4n) is 1.10. The van der Waals surface area contributed by atoms with E-state index >= 15 is 0 Å². The fraction of sp³-hybridized carbons (Fsp3) is 0.400. The van der Waals surface area contributed by atoms with E-state index in [-0.39, 0.29) is 23.4 Å². The lowest BCUT2D eigenvalue weighted by Crippen LogP contribution is -2.28. The van der Waals surface area contributed by atoms with Crippen LogP contribution in [0.3, 0.4) is 0 Å². The summed E-state index contributed by atoms with van der Waals surface area (Å²) in [5, 5.41) is 12.7. The largest absolute Gasteiger partial charge is 0.387 e. The SMILES string of the molecule is CNC(C)C(O)c1ccccc1.[AlH3]. The van der Waals surface area contributed by atoms with Crippen LogP contribution in [0.25, 0.3) is 0 Å². The predicted molar refractivity (Wildman–Crippen MR) is 59.9 cm³/mol. The van der Waals surface area contributed by atoms with Gasteiger partial charge in [-0.05, 0) is 19.5 Å². The van der Waals surface area contributed by atoms with Crippen LogP contribution in [0.5, 0.6) is 0 Å². The van der Waals surface area contributed by atoms with Crippen molar-refractivity contribution in [2.75, 3.05) is 7.05 Å². The second kappa shape index (κ2) is 6.18. The number of rotatable bonds is 3. The molecule has 0 amide bonds. The van der Waals surface area contributed by atoms with E-state index in [1.165, 1.54) is 0 Å². The molecule has 0 heterocycles. The highest BCUT2D eigenvalue weighted by molar-refractivity contribution is 5.75. The van der Waals surface area contributed by atoms with Crippen LogP contribution in [-0.2, 0) is 0 Å². The first-order valence-corrected chi connectivity index (χ1v) is 4.16. The van der Waals surface area contributed by atoms with Gasteiger partial charge in [0.1, 0.15) is 0 Å². The van der Waals surface area contributed by atoms with Gasteiger partial charge in [-0.3, -0.25) is 0 Å². The van der Waals surface area contributed by atoms with E-state index in [0.29, 0.717) is 0 Å². The third-order valence-electron chi connectivity index (χ3n) is 2.07. The average Bonchev–Trinajstić information content (AvgIpc) is 2.17. The Kier molecular flexibility index (Phi) is 6.02. The van der Waals surface area contributed by atoms with Crippen LogP contribution >= 0.6 is 0 Å². The van der Waals surface area contributed by atoms with Crippen molar-refractivity contribution < 1.29 is 5.11 Å². The molecule has 2 N–H and O–H groups in total. The molecule has 0 saturated carbocycles. The molecule has 0 spiro atoms. The van der Waals surface area contributed by atoms with Crippen molar-refractivity contribution in [1.29, 1.82) is 0 Å². The van der Waals surface area contributed by atoms with Gasteiger partial charge in [-0.2, -0.15) is 0 Å². The van der Waals surface area contributed by atoms with Crippen molar-refractivity contribution >= 4 is 17.4 Å². The number of benzene rings is 1. The third kappa shape index (κ3) is 3.50. The van der Waals surface area contributed by atoms with E-state index in [1.807, 2.05) is 44.3 Å². The highest BCUT2D eigenvalue weighted by Crippen LogP contribution is 2.15. The normalized spacial score (nSPS) is 14.4. The minimum atomic E-state index is -0.420. The monoisotopic (exact) mass is 195 g/mol. The van der Waals surface area contributed by atoms with E-state index in [4.69, 9.17) is 0 Å². The second-order valence-corrected chi connectivity index (χ2v) is 2.93. The molecule has 0 radical (unpaired) electrons. The first-order chi connectivity index (χ1) is 5.75. The lowest BCUT2D eigenvalue weighted by molar-refractivity contribution is 0.140. The molecular weight excluding hydrogens is 177 g/mol. The Morgan fingerprint density at radius 2 is 1.77 bits per heavy atom. The fourth-order valence-corrected chi connectivity index (χ4v) is 1.10. The van der Waals surface area contributed by atoms with Gasteiger partial charge in [0.05, 0.1) is 6.10 Å². The summed E-state index contributed by atoms with van der Waals surface area (Å²) >= 11 is 0. The number of likely N-dealkylation sites (N-methyl/N-ethyl adjacent to an activating group) is 1. The maximum atomic E-state index is 9.73. The van der Waals surface area contributed by atoms with Crippen molar-refractivity contribution in [3.63, 3.8) is 0 Å². The molecular formula is C10H18AlNO. The van der Waals surface area contributed by atoms with Crippen LogP contribution in [0.4, 0.5) is 0 Å². The highest BCUT2D eigenvalue weighted by atomic mass is 27.0. The number of hydrogen-bond acceptors (Lipinski definition) is 2. The highest BCUT2D eigenvalue weighted by Gasteiger charge is 2.12. The Labute approximate surface area is 90.1 Å². The van der Waals surface area contributed by atoms with Gasteiger partial charge in [0, 0.05) is 6.04 Å². The van der Waals surface area contributed by atoms with Crippen LogP contribution in [-0.4, -0.2) is 35.6 Å². The first-order valence-electron chi connectivity index (χ1n) is 4.16. The van der Waals surface area contributed by atoms with Crippen molar-refractivity contribution in [3.8, 4) is 0 Å². The third-order valence-corrected chi connectivity index (χ3v) is 2.07. The molecule has 2 nitrogen and oxygen atoms in total. The van der Waals surface area contributed by atoms with Gasteiger partial charge in [0.15, 0.2) is 17.4 Å². The Morgan fingerprint density at radius 1 is 1.23 bits per heavy atom. The molecule has 13 heavy (non-hydrogen) atoms. The number of hydrogen-bond donors (Lipinski definition) is 2. The summed E-state index contributed by atoms with van der Waals surface area (Å²) in [6.45, 7) is 1.96. The van der Waals surface area contributed by atoms with Gasteiger partial charge in [-0.25, -0.2) is 0 Å². The molecule has 2 atom stereocenters. The molecule has 3 heteroatoms. The van der Waals surface area contributed by atoms with Crippen LogP contribution in [0, 0.1) is 0 Å². The summed E-state index contributed by atoms with van der Waals surface area (Å²) in [4.78, 5) is 0. The summed E-state index contributed by atoms with van der Waals surface area (Å²) < 4.78 is 0. The Balaban J connectivity index is 0.00000144. The van der Waals surface area contributed by atoms with Crippen molar-refractivity contribution in [2.45, 2.75) is 19.1 Å². The van der Waals surface area contributed by atoms with E-state index in [0.717, 1.165) is 5.56 Å². The molecule has 0 aromatic heterocycles. The Bertz CT molecular complexity index is 228. The van der Waals surface area contributed by atoms with Gasteiger partial charge >= 0.3 is 0 Å². The summed E-state index contributed by atoms with van der Waals surface area (Å²) in [6.07, 6.45) is -0.420. The maximum absolute atomic E-state index is 9.73. The molecule has 0 saturated heterocycles. The standard InChI is InChI=1S/C10H15NO.Al.3H/c1-8(11-2)10(12)9-6-4-3-5-7-9;;;;/h3-8,10-12H,1-2H3;;;;. The molecule has 1 aromatic carbocycles. The molecule has 72 valence electrons. The van der Waals surface area contributed by atoms with E-state index in [9.17, 15) is 5.11 Å². The minimum absolute atomic E-state index is 0. The summed E-state index contributed by atoms with van der Waals surface area (Å²) in [6, 6.07) is 9.76. The topological polar surface area (TPSA) is 32.3 Å². The smallest absolute Gasteiger partial charge is 0.187 e. The molecule has 0 aliphatic rings. The van der Waals surface area contributed by atoms with Gasteiger partial charge in [-0.1, -0.05) is 30.3 Å². The quantitative estimate of drug-likeness (QED) is 0.673. The maximum Gasteiger partial charge on any atom is 0.187 e. The van der Waals surface area contributed by atoms with Gasteiger partial charge in [0.2, 0.25) is 0 Å². The van der Waals surface area contributed by atoms with Gasteiger partial charge in [-0.15, -0.1) is 0 Å². The van der Waals surface area contributed by atoms with Crippen LogP contribution in [0.2, 0.25) is 0 Å². The van der Waals surface area contributed by atoms with Crippen molar-refractivity contribution in [3.05, 3.63) is 35.9 Å². The van der Waals surface area contributed by atoms with E-state index in [2.05, 4.69) is 5.32 Å². The van der Waals surface area contributed by atoms with Crippen LogP contribution in [0.1, 0.15) is 18.6 Å². The number of nitrogens with one attached hydrogen (secondary N) is 1. The summed E-state index contributed by atoms with van der Waals surface area (Å²) in [5.41, 5.74) is 0.958. The molecule has 1 rings (SSSR count). The zero-order valence-electron chi connectivity index (χ0n) is 7.49. The molecule has 0 fully saturated rings. The van der Waals surface area contributed by atoms with Gasteiger partial charge < -0.3 is 10.4 Å². The number of aliphatic hydroxyl groups excluding tert-OH is 1. The molecule has 2 unspecified atom stereocenters. The molecule has 0 bridgehead atoms. The van der Waals surface area contributed by atoms with E-state index in [1.54, 1.807) is 0 Å².